The van der Waals surface area contributed by atoms with Crippen LogP contribution in [0.5, 0.6) is 0 Å². The van der Waals surface area contributed by atoms with Crippen LogP contribution in [0.15, 0.2) is 46.9 Å². The number of benzene rings is 2. The van der Waals surface area contributed by atoms with E-state index in [1.165, 1.54) is 0 Å². The minimum atomic E-state index is -0.534. The Balaban J connectivity index is 1.66. The van der Waals surface area contributed by atoms with Gasteiger partial charge in [-0.05, 0) is 49.2 Å². The molecule has 8 heteroatoms. The van der Waals surface area contributed by atoms with Gasteiger partial charge in [0.05, 0.1) is 10.7 Å². The summed E-state index contributed by atoms with van der Waals surface area (Å²) in [5.74, 6) is -1.20. The molecule has 28 heavy (non-hydrogen) atoms. The van der Waals surface area contributed by atoms with Gasteiger partial charge in [0.2, 0.25) is 5.91 Å². The Morgan fingerprint density at radius 2 is 1.71 bits per heavy atom. The van der Waals surface area contributed by atoms with Gasteiger partial charge in [-0.2, -0.15) is 0 Å². The highest BCUT2D eigenvalue weighted by molar-refractivity contribution is 9.10. The molecule has 0 heterocycles. The zero-order valence-electron chi connectivity index (χ0n) is 15.3. The van der Waals surface area contributed by atoms with Gasteiger partial charge in [-0.1, -0.05) is 39.7 Å². The third kappa shape index (κ3) is 7.32. The average Bonchev–Trinajstić information content (AvgIpc) is 2.64. The lowest BCUT2D eigenvalue weighted by atomic mass is 10.2. The molecule has 148 valence electrons. The highest BCUT2D eigenvalue weighted by Crippen LogP contribution is 2.21. The van der Waals surface area contributed by atoms with Crippen molar-refractivity contribution in [1.29, 1.82) is 0 Å². The Hall–Kier alpha value is -2.38. The second kappa shape index (κ2) is 10.8. The van der Waals surface area contributed by atoms with Crippen molar-refractivity contribution in [3.8, 4) is 0 Å². The van der Waals surface area contributed by atoms with E-state index in [4.69, 9.17) is 16.3 Å². The van der Waals surface area contributed by atoms with Crippen molar-refractivity contribution >= 4 is 56.7 Å². The van der Waals surface area contributed by atoms with E-state index in [0.29, 0.717) is 22.8 Å². The molecule has 2 aromatic rings. The number of hydrogen-bond acceptors (Lipinski definition) is 4. The maximum absolute atomic E-state index is 11.9. The fourth-order valence-corrected chi connectivity index (χ4v) is 3.00. The SMILES string of the molecule is Cc1cc(Br)ccc1NC(=O)COC(=O)CCCC(=O)Nc1ccccc1Cl. The molecule has 2 N–H and O–H groups in total. The van der Waals surface area contributed by atoms with Crippen LogP contribution in [-0.2, 0) is 19.1 Å². The standard InChI is InChI=1S/C20H20BrClN2O4/c1-13-11-14(21)9-10-16(13)23-19(26)12-28-20(27)8-4-7-18(25)24-17-6-3-2-5-15(17)22/h2-3,5-6,9-11H,4,7-8,12H2,1H3,(H,23,26)(H,24,25). The van der Waals surface area contributed by atoms with Gasteiger partial charge in [-0.25, -0.2) is 0 Å². The molecule has 0 aliphatic rings. The Kier molecular flexibility index (Phi) is 8.47. The van der Waals surface area contributed by atoms with Gasteiger partial charge in [-0.15, -0.1) is 0 Å². The summed E-state index contributed by atoms with van der Waals surface area (Å²) in [5, 5.41) is 5.81. The highest BCUT2D eigenvalue weighted by Gasteiger charge is 2.11. The van der Waals surface area contributed by atoms with Gasteiger partial charge < -0.3 is 15.4 Å². The van der Waals surface area contributed by atoms with Crippen LogP contribution < -0.4 is 10.6 Å². The first-order valence-electron chi connectivity index (χ1n) is 8.61. The van der Waals surface area contributed by atoms with Crippen LogP contribution in [0.4, 0.5) is 11.4 Å². The van der Waals surface area contributed by atoms with Crippen molar-refractivity contribution in [2.75, 3.05) is 17.2 Å². The molecular formula is C20H20BrClN2O4. The van der Waals surface area contributed by atoms with E-state index < -0.39 is 11.9 Å². The molecule has 0 unspecified atom stereocenters. The first-order valence-corrected chi connectivity index (χ1v) is 9.78. The Morgan fingerprint density at radius 3 is 2.43 bits per heavy atom. The minimum absolute atomic E-state index is 0.0422. The number of carbonyl (C=O) groups excluding carboxylic acids is 3. The van der Waals surface area contributed by atoms with Gasteiger partial charge >= 0.3 is 5.97 Å². The number of anilines is 2. The maximum Gasteiger partial charge on any atom is 0.306 e. The summed E-state index contributed by atoms with van der Waals surface area (Å²) in [6, 6.07) is 12.3. The van der Waals surface area contributed by atoms with Gasteiger partial charge in [0.1, 0.15) is 0 Å². The molecule has 6 nitrogen and oxygen atoms in total. The molecule has 0 fully saturated rings. The lowest BCUT2D eigenvalue weighted by molar-refractivity contribution is -0.147. The summed E-state index contributed by atoms with van der Waals surface area (Å²) in [7, 11) is 0. The van der Waals surface area contributed by atoms with Crippen LogP contribution in [0.1, 0.15) is 24.8 Å². The number of halogens is 2. The zero-order valence-corrected chi connectivity index (χ0v) is 17.6. The number of aryl methyl sites for hydroxylation is 1. The first-order chi connectivity index (χ1) is 13.3. The average molecular weight is 468 g/mol. The Bertz CT molecular complexity index is 873. The maximum atomic E-state index is 11.9. The monoisotopic (exact) mass is 466 g/mol. The van der Waals surface area contributed by atoms with E-state index in [1.54, 1.807) is 30.3 Å². The van der Waals surface area contributed by atoms with E-state index in [1.807, 2.05) is 19.1 Å². The largest absolute Gasteiger partial charge is 0.456 e. The van der Waals surface area contributed by atoms with E-state index in [0.717, 1.165) is 10.0 Å². The molecule has 0 aliphatic heterocycles. The highest BCUT2D eigenvalue weighted by atomic mass is 79.9. The zero-order chi connectivity index (χ0) is 20.5. The van der Waals surface area contributed by atoms with Gasteiger partial charge in [0, 0.05) is 23.0 Å². The van der Waals surface area contributed by atoms with Crippen molar-refractivity contribution in [2.45, 2.75) is 26.2 Å². The third-order valence-electron chi connectivity index (χ3n) is 3.76. The van der Waals surface area contributed by atoms with Crippen molar-refractivity contribution in [1.82, 2.24) is 0 Å². The van der Waals surface area contributed by atoms with Crippen LogP contribution in [0.25, 0.3) is 0 Å². The number of amides is 2. The predicted octanol–water partition coefficient (Wildman–Crippen LogP) is 4.70. The van der Waals surface area contributed by atoms with Crippen LogP contribution in [0, 0.1) is 6.92 Å². The third-order valence-corrected chi connectivity index (χ3v) is 4.58. The van der Waals surface area contributed by atoms with E-state index in [-0.39, 0.29) is 25.4 Å². The first kappa shape index (κ1) is 21.9. The molecule has 2 amide bonds. The normalized spacial score (nSPS) is 10.2. The summed E-state index contributed by atoms with van der Waals surface area (Å²) in [6.45, 7) is 1.49. The molecule has 2 rings (SSSR count). The molecular weight excluding hydrogens is 448 g/mol. The summed E-state index contributed by atoms with van der Waals surface area (Å²) in [4.78, 5) is 35.5. The minimum Gasteiger partial charge on any atom is -0.456 e. The molecule has 0 bridgehead atoms. The van der Waals surface area contributed by atoms with Crippen molar-refractivity contribution in [2.24, 2.45) is 0 Å². The second-order valence-corrected chi connectivity index (χ2v) is 7.37. The van der Waals surface area contributed by atoms with Crippen molar-refractivity contribution in [3.05, 3.63) is 57.5 Å². The van der Waals surface area contributed by atoms with Crippen LogP contribution >= 0.6 is 27.5 Å². The van der Waals surface area contributed by atoms with E-state index >= 15 is 0 Å². The molecule has 0 radical (unpaired) electrons. The number of carbonyl (C=O) groups is 3. The van der Waals surface area contributed by atoms with Crippen molar-refractivity contribution in [3.63, 3.8) is 0 Å². The van der Waals surface area contributed by atoms with Gasteiger partial charge in [0.15, 0.2) is 6.61 Å². The summed E-state index contributed by atoms with van der Waals surface area (Å²) >= 11 is 9.32. The number of hydrogen-bond donors (Lipinski definition) is 2. The molecule has 2 aromatic carbocycles. The summed E-state index contributed by atoms with van der Waals surface area (Å²) < 4.78 is 5.86. The van der Waals surface area contributed by atoms with Crippen LogP contribution in [0.3, 0.4) is 0 Å². The topological polar surface area (TPSA) is 84.5 Å². The fourth-order valence-electron chi connectivity index (χ4n) is 2.34. The number of para-hydroxylation sites is 1. The fraction of sp³-hybridized carbons (Fsp3) is 0.250. The smallest absolute Gasteiger partial charge is 0.306 e. The lowest BCUT2D eigenvalue weighted by Gasteiger charge is -2.09. The second-order valence-electron chi connectivity index (χ2n) is 6.05. The Morgan fingerprint density at radius 1 is 1.00 bits per heavy atom. The summed E-state index contributed by atoms with van der Waals surface area (Å²) in [6.07, 6.45) is 0.494. The molecule has 0 atom stereocenters. The van der Waals surface area contributed by atoms with E-state index in [9.17, 15) is 14.4 Å². The molecule has 0 spiro atoms. The quantitative estimate of drug-likeness (QED) is 0.551. The van der Waals surface area contributed by atoms with Gasteiger partial charge in [0.25, 0.3) is 5.91 Å². The molecule has 0 aromatic heterocycles. The predicted molar refractivity (Wildman–Crippen MR) is 112 cm³/mol. The molecule has 0 saturated carbocycles. The van der Waals surface area contributed by atoms with Crippen molar-refractivity contribution < 1.29 is 19.1 Å². The van der Waals surface area contributed by atoms with E-state index in [2.05, 4.69) is 26.6 Å². The lowest BCUT2D eigenvalue weighted by Crippen LogP contribution is -2.21. The molecule has 0 saturated heterocycles. The van der Waals surface area contributed by atoms with Crippen LogP contribution in [0.2, 0.25) is 5.02 Å². The summed E-state index contributed by atoms with van der Waals surface area (Å²) in [5.41, 5.74) is 2.07. The number of esters is 1. The Labute approximate surface area is 176 Å². The molecule has 0 aliphatic carbocycles. The van der Waals surface area contributed by atoms with Gasteiger partial charge in [-0.3, -0.25) is 14.4 Å². The number of nitrogens with one attached hydrogen (secondary N) is 2. The number of ether oxygens (including phenoxy) is 1. The van der Waals surface area contributed by atoms with Crippen LogP contribution in [-0.4, -0.2) is 24.4 Å². The number of rotatable bonds is 8.